The van der Waals surface area contributed by atoms with Crippen molar-refractivity contribution in [3.05, 3.63) is 64.2 Å². The van der Waals surface area contributed by atoms with Crippen LogP contribution in [0.1, 0.15) is 30.0 Å². The summed E-state index contributed by atoms with van der Waals surface area (Å²) in [6, 6.07) is 12.5. The number of ether oxygens (including phenoxy) is 1. The largest absolute Gasteiger partial charge is 0.494 e. The van der Waals surface area contributed by atoms with Crippen molar-refractivity contribution in [1.29, 1.82) is 0 Å². The van der Waals surface area contributed by atoms with Crippen molar-refractivity contribution in [1.82, 2.24) is 0 Å². The summed E-state index contributed by atoms with van der Waals surface area (Å²) in [6.07, 6.45) is 2.57. The average molecular weight is 331 g/mol. The highest BCUT2D eigenvalue weighted by atomic mass is 35.5. The zero-order valence-corrected chi connectivity index (χ0v) is 13.9. The number of aryl methyl sites for hydroxylation is 1. The normalized spacial score (nSPS) is 11.3. The zero-order valence-electron chi connectivity index (χ0n) is 13.2. The van der Waals surface area contributed by atoms with E-state index in [4.69, 9.17) is 16.3 Å². The Balaban J connectivity index is 2.38. The van der Waals surface area contributed by atoms with Gasteiger partial charge in [-0.25, -0.2) is 4.79 Å². The highest BCUT2D eigenvalue weighted by Crippen LogP contribution is 2.26. The van der Waals surface area contributed by atoms with Crippen LogP contribution in [-0.2, 0) is 4.79 Å². The second-order valence-electron chi connectivity index (χ2n) is 5.24. The topological polar surface area (TPSA) is 46.5 Å². The van der Waals surface area contributed by atoms with Crippen LogP contribution >= 0.6 is 11.6 Å². The van der Waals surface area contributed by atoms with Gasteiger partial charge in [-0.2, -0.15) is 0 Å². The molecule has 0 radical (unpaired) electrons. The van der Waals surface area contributed by atoms with Crippen LogP contribution in [0.15, 0.2) is 42.5 Å². The molecule has 0 atom stereocenters. The predicted molar refractivity (Wildman–Crippen MR) is 93.9 cm³/mol. The van der Waals surface area contributed by atoms with Crippen molar-refractivity contribution in [3.8, 4) is 5.75 Å². The lowest BCUT2D eigenvalue weighted by molar-refractivity contribution is -0.130. The highest BCUT2D eigenvalue weighted by molar-refractivity contribution is 6.30. The van der Waals surface area contributed by atoms with Gasteiger partial charge in [0.25, 0.3) is 0 Å². The van der Waals surface area contributed by atoms with Crippen molar-refractivity contribution >= 4 is 29.2 Å². The van der Waals surface area contributed by atoms with Gasteiger partial charge in [-0.15, -0.1) is 0 Å². The van der Waals surface area contributed by atoms with Crippen LogP contribution in [0.25, 0.3) is 11.6 Å². The Bertz CT molecular complexity index is 718. The van der Waals surface area contributed by atoms with Crippen LogP contribution in [0.4, 0.5) is 0 Å². The minimum Gasteiger partial charge on any atom is -0.494 e. The van der Waals surface area contributed by atoms with Crippen molar-refractivity contribution in [2.45, 2.75) is 20.3 Å². The van der Waals surface area contributed by atoms with E-state index in [1.165, 1.54) is 0 Å². The van der Waals surface area contributed by atoms with Gasteiger partial charge >= 0.3 is 5.97 Å². The molecule has 2 aromatic rings. The SMILES string of the molecule is CCCOc1ccc(/C(=C/c2ccc(Cl)cc2)C(=O)O)c(C)c1. The molecule has 1 N–H and O–H groups in total. The standard InChI is InChI=1S/C19H19ClO3/c1-3-10-23-16-8-9-17(13(2)11-16)18(19(21)22)12-14-4-6-15(20)7-5-14/h4-9,11-12H,3,10H2,1-2H3,(H,21,22)/b18-12-. The summed E-state index contributed by atoms with van der Waals surface area (Å²) in [5.74, 6) is -0.213. The Morgan fingerprint density at radius 1 is 1.22 bits per heavy atom. The maximum absolute atomic E-state index is 11.7. The highest BCUT2D eigenvalue weighted by Gasteiger charge is 2.13. The van der Waals surface area contributed by atoms with E-state index in [-0.39, 0.29) is 5.57 Å². The molecule has 0 fully saturated rings. The summed E-state index contributed by atoms with van der Waals surface area (Å²) in [5, 5.41) is 10.2. The molecule has 0 amide bonds. The number of benzene rings is 2. The molecule has 23 heavy (non-hydrogen) atoms. The van der Waals surface area contributed by atoms with Gasteiger partial charge in [0.2, 0.25) is 0 Å². The fourth-order valence-electron chi connectivity index (χ4n) is 2.23. The maximum atomic E-state index is 11.7. The van der Waals surface area contributed by atoms with E-state index in [0.717, 1.165) is 23.3 Å². The lowest BCUT2D eigenvalue weighted by Gasteiger charge is -2.10. The Kier molecular flexibility index (Phi) is 5.83. The van der Waals surface area contributed by atoms with Crippen molar-refractivity contribution in [3.63, 3.8) is 0 Å². The number of hydrogen-bond acceptors (Lipinski definition) is 2. The van der Waals surface area contributed by atoms with Gasteiger partial charge < -0.3 is 9.84 Å². The van der Waals surface area contributed by atoms with Gasteiger partial charge in [0, 0.05) is 5.02 Å². The molecule has 0 aromatic heterocycles. The molecule has 0 spiro atoms. The first-order chi connectivity index (χ1) is 11.0. The van der Waals surface area contributed by atoms with Gasteiger partial charge in [0.1, 0.15) is 5.75 Å². The van der Waals surface area contributed by atoms with E-state index in [2.05, 4.69) is 0 Å². The van der Waals surface area contributed by atoms with Crippen molar-refractivity contribution in [2.75, 3.05) is 6.61 Å². The van der Waals surface area contributed by atoms with Crippen LogP contribution in [-0.4, -0.2) is 17.7 Å². The Hall–Kier alpha value is -2.26. The molecule has 120 valence electrons. The Morgan fingerprint density at radius 2 is 1.91 bits per heavy atom. The first kappa shape index (κ1) is 17.1. The maximum Gasteiger partial charge on any atom is 0.336 e. The van der Waals surface area contributed by atoms with E-state index >= 15 is 0 Å². The van der Waals surface area contributed by atoms with Crippen molar-refractivity contribution < 1.29 is 14.6 Å². The summed E-state index contributed by atoms with van der Waals surface area (Å²) in [7, 11) is 0. The summed E-state index contributed by atoms with van der Waals surface area (Å²) in [6.45, 7) is 4.57. The lowest BCUT2D eigenvalue weighted by Crippen LogP contribution is -2.02. The average Bonchev–Trinajstić information content (AvgIpc) is 2.53. The summed E-state index contributed by atoms with van der Waals surface area (Å²) in [5.41, 5.74) is 2.57. The van der Waals surface area contributed by atoms with Crippen molar-refractivity contribution in [2.24, 2.45) is 0 Å². The second kappa shape index (κ2) is 7.84. The molecule has 0 bridgehead atoms. The summed E-state index contributed by atoms with van der Waals surface area (Å²) >= 11 is 5.86. The fourth-order valence-corrected chi connectivity index (χ4v) is 2.35. The number of carboxylic acids is 1. The molecule has 0 aliphatic heterocycles. The molecular weight excluding hydrogens is 312 g/mol. The van der Waals surface area contributed by atoms with Crippen LogP contribution < -0.4 is 4.74 Å². The van der Waals surface area contributed by atoms with Gasteiger partial charge in [0.05, 0.1) is 12.2 Å². The Morgan fingerprint density at radius 3 is 2.48 bits per heavy atom. The summed E-state index contributed by atoms with van der Waals surface area (Å²) < 4.78 is 5.58. The minimum absolute atomic E-state index is 0.242. The Labute approximate surface area is 141 Å². The fraction of sp³-hybridized carbons (Fsp3) is 0.211. The molecule has 0 aliphatic rings. The molecule has 0 saturated heterocycles. The van der Waals surface area contributed by atoms with Gasteiger partial charge in [-0.3, -0.25) is 0 Å². The van der Waals surface area contributed by atoms with Crippen LogP contribution in [0, 0.1) is 6.92 Å². The quantitative estimate of drug-likeness (QED) is 0.594. The van der Waals surface area contributed by atoms with E-state index in [1.54, 1.807) is 42.5 Å². The number of rotatable bonds is 6. The summed E-state index contributed by atoms with van der Waals surface area (Å²) in [4.78, 5) is 11.7. The molecule has 3 nitrogen and oxygen atoms in total. The van der Waals surface area contributed by atoms with Gasteiger partial charge in [-0.1, -0.05) is 36.7 Å². The van der Waals surface area contributed by atoms with Gasteiger partial charge in [0.15, 0.2) is 0 Å². The third-order valence-electron chi connectivity index (χ3n) is 3.37. The first-order valence-electron chi connectivity index (χ1n) is 7.45. The number of carboxylic acid groups (broad SMARTS) is 1. The minimum atomic E-state index is -0.967. The van der Waals surface area contributed by atoms with E-state index in [0.29, 0.717) is 17.2 Å². The number of carbonyl (C=O) groups is 1. The lowest BCUT2D eigenvalue weighted by atomic mass is 9.98. The monoisotopic (exact) mass is 330 g/mol. The smallest absolute Gasteiger partial charge is 0.336 e. The third-order valence-corrected chi connectivity index (χ3v) is 3.62. The number of aliphatic carboxylic acids is 1. The molecule has 0 aliphatic carbocycles. The zero-order chi connectivity index (χ0) is 16.8. The molecular formula is C19H19ClO3. The van der Waals surface area contributed by atoms with E-state index < -0.39 is 5.97 Å². The molecule has 0 saturated carbocycles. The van der Waals surface area contributed by atoms with Crippen LogP contribution in [0.3, 0.4) is 0 Å². The van der Waals surface area contributed by atoms with Gasteiger partial charge in [-0.05, 0) is 60.4 Å². The van der Waals surface area contributed by atoms with E-state index in [1.807, 2.05) is 19.9 Å². The molecule has 2 aromatic carbocycles. The first-order valence-corrected chi connectivity index (χ1v) is 7.83. The molecule has 4 heteroatoms. The molecule has 2 rings (SSSR count). The molecule has 0 heterocycles. The van der Waals surface area contributed by atoms with Crippen LogP contribution in [0.2, 0.25) is 5.02 Å². The van der Waals surface area contributed by atoms with Crippen LogP contribution in [0.5, 0.6) is 5.75 Å². The van der Waals surface area contributed by atoms with E-state index in [9.17, 15) is 9.90 Å². The third kappa shape index (κ3) is 4.60. The molecule has 0 unspecified atom stereocenters. The predicted octanol–water partition coefficient (Wildman–Crippen LogP) is 5.06. The number of halogens is 1. The second-order valence-corrected chi connectivity index (χ2v) is 5.68. The number of hydrogen-bond donors (Lipinski definition) is 1.